The summed E-state index contributed by atoms with van der Waals surface area (Å²) < 4.78 is 0.736. The number of aromatic nitrogens is 2. The van der Waals surface area contributed by atoms with Crippen molar-refractivity contribution in [1.82, 2.24) is 20.4 Å². The second-order valence-electron chi connectivity index (χ2n) is 6.23. The molecule has 1 atom stereocenters. The fraction of sp³-hybridized carbons (Fsp3) is 0.471. The Labute approximate surface area is 156 Å². The number of piperidine rings is 1. The second kappa shape index (κ2) is 9.17. The maximum Gasteiger partial charge on any atom is 0.230 e. The summed E-state index contributed by atoms with van der Waals surface area (Å²) >= 11 is 2.69. The van der Waals surface area contributed by atoms with Gasteiger partial charge in [-0.15, -0.1) is 10.2 Å². The maximum absolute atomic E-state index is 12.0. The first-order valence-corrected chi connectivity index (χ1v) is 10.2. The van der Waals surface area contributed by atoms with Gasteiger partial charge in [-0.1, -0.05) is 53.4 Å². The molecule has 0 saturated carbocycles. The molecular formula is C17H23N5OS2. The Morgan fingerprint density at radius 1 is 1.36 bits per heavy atom. The molecule has 3 rings (SSSR count). The minimum Gasteiger partial charge on any atom is -0.374 e. The molecule has 1 aliphatic heterocycles. The lowest BCUT2D eigenvalue weighted by Gasteiger charge is -2.32. The number of carbonyl (C=O) groups is 1. The molecule has 1 aliphatic rings. The molecule has 0 bridgehead atoms. The van der Waals surface area contributed by atoms with Crippen molar-refractivity contribution in [1.29, 1.82) is 0 Å². The molecule has 8 heteroatoms. The summed E-state index contributed by atoms with van der Waals surface area (Å²) in [5, 5.41) is 11.1. The highest BCUT2D eigenvalue weighted by Crippen LogP contribution is 2.23. The molecule has 0 aliphatic carbocycles. The van der Waals surface area contributed by atoms with E-state index < -0.39 is 0 Å². The Morgan fingerprint density at radius 3 is 2.96 bits per heavy atom. The smallest absolute Gasteiger partial charge is 0.230 e. The Kier molecular flexibility index (Phi) is 6.66. The van der Waals surface area contributed by atoms with E-state index in [1.54, 1.807) is 0 Å². The number of carbonyl (C=O) groups excluding carboxylic acids is 1. The quantitative estimate of drug-likeness (QED) is 0.720. The van der Waals surface area contributed by atoms with Crippen LogP contribution in [0.1, 0.15) is 18.4 Å². The third kappa shape index (κ3) is 5.98. The van der Waals surface area contributed by atoms with Crippen LogP contribution < -0.4 is 11.1 Å². The number of nitrogens with two attached hydrogens (primary N) is 1. The van der Waals surface area contributed by atoms with Crippen LogP contribution in [-0.2, 0) is 11.3 Å². The van der Waals surface area contributed by atoms with Crippen molar-refractivity contribution < 1.29 is 4.79 Å². The lowest BCUT2D eigenvalue weighted by molar-refractivity contribution is -0.118. The van der Waals surface area contributed by atoms with Gasteiger partial charge >= 0.3 is 0 Å². The summed E-state index contributed by atoms with van der Waals surface area (Å²) in [6, 6.07) is 10.6. The van der Waals surface area contributed by atoms with Gasteiger partial charge in [0.1, 0.15) is 0 Å². The van der Waals surface area contributed by atoms with Gasteiger partial charge in [0.2, 0.25) is 11.0 Å². The highest BCUT2D eigenvalue weighted by molar-refractivity contribution is 8.01. The van der Waals surface area contributed by atoms with Crippen molar-refractivity contribution in [2.24, 2.45) is 5.92 Å². The first kappa shape index (κ1) is 18.2. The highest BCUT2D eigenvalue weighted by Gasteiger charge is 2.20. The van der Waals surface area contributed by atoms with Crippen LogP contribution >= 0.6 is 23.1 Å². The number of amides is 1. The number of rotatable bonds is 7. The van der Waals surface area contributed by atoms with Gasteiger partial charge in [0.25, 0.3) is 0 Å². The summed E-state index contributed by atoms with van der Waals surface area (Å²) in [5.74, 6) is 0.914. The van der Waals surface area contributed by atoms with Crippen LogP contribution in [0.15, 0.2) is 34.7 Å². The zero-order valence-corrected chi connectivity index (χ0v) is 15.7. The molecule has 1 aromatic carbocycles. The number of benzene rings is 1. The van der Waals surface area contributed by atoms with Crippen LogP contribution in [-0.4, -0.2) is 46.4 Å². The van der Waals surface area contributed by atoms with Gasteiger partial charge in [-0.2, -0.15) is 0 Å². The van der Waals surface area contributed by atoms with Gasteiger partial charge in [-0.25, -0.2) is 0 Å². The molecular weight excluding hydrogens is 354 g/mol. The van der Waals surface area contributed by atoms with Crippen molar-refractivity contribution >= 4 is 34.1 Å². The van der Waals surface area contributed by atoms with Crippen LogP contribution in [0.4, 0.5) is 5.13 Å². The van der Waals surface area contributed by atoms with E-state index in [1.807, 2.05) is 6.07 Å². The van der Waals surface area contributed by atoms with E-state index in [0.717, 1.165) is 30.5 Å². The maximum atomic E-state index is 12.0. The first-order valence-electron chi connectivity index (χ1n) is 8.44. The number of nitrogen functional groups attached to an aromatic ring is 1. The van der Waals surface area contributed by atoms with Gasteiger partial charge < -0.3 is 11.1 Å². The van der Waals surface area contributed by atoms with E-state index in [2.05, 4.69) is 44.7 Å². The number of thioether (sulfide) groups is 1. The molecule has 1 fully saturated rings. The third-order valence-electron chi connectivity index (χ3n) is 4.19. The molecule has 6 nitrogen and oxygen atoms in total. The molecule has 1 amide bonds. The SMILES string of the molecule is Nc1nnc(SCC(=O)NC[C@@H]2CCCN(Cc3ccccc3)C2)s1. The molecule has 0 spiro atoms. The molecule has 134 valence electrons. The summed E-state index contributed by atoms with van der Waals surface area (Å²) in [6.45, 7) is 3.89. The monoisotopic (exact) mass is 377 g/mol. The van der Waals surface area contributed by atoms with E-state index in [1.165, 1.54) is 41.5 Å². The number of nitrogens with one attached hydrogen (secondary N) is 1. The Balaban J connectivity index is 1.38. The van der Waals surface area contributed by atoms with Crippen LogP contribution in [0, 0.1) is 5.92 Å². The zero-order chi connectivity index (χ0) is 17.5. The van der Waals surface area contributed by atoms with Gasteiger partial charge in [-0.3, -0.25) is 9.69 Å². The van der Waals surface area contributed by atoms with Gasteiger partial charge in [-0.05, 0) is 30.9 Å². The molecule has 2 heterocycles. The normalized spacial score (nSPS) is 18.2. The van der Waals surface area contributed by atoms with E-state index in [4.69, 9.17) is 5.73 Å². The number of hydrogen-bond donors (Lipinski definition) is 2. The number of anilines is 1. The lowest BCUT2D eigenvalue weighted by Crippen LogP contribution is -2.40. The summed E-state index contributed by atoms with van der Waals surface area (Å²) in [5.41, 5.74) is 6.88. The molecule has 0 unspecified atom stereocenters. The molecule has 0 radical (unpaired) electrons. The van der Waals surface area contributed by atoms with E-state index >= 15 is 0 Å². The fourth-order valence-electron chi connectivity index (χ4n) is 3.02. The number of hydrogen-bond acceptors (Lipinski definition) is 7. The number of likely N-dealkylation sites (tertiary alicyclic amines) is 1. The Hall–Kier alpha value is -1.64. The Morgan fingerprint density at radius 2 is 2.20 bits per heavy atom. The van der Waals surface area contributed by atoms with E-state index in [9.17, 15) is 4.79 Å². The van der Waals surface area contributed by atoms with Crippen molar-refractivity contribution in [3.8, 4) is 0 Å². The molecule has 2 aromatic rings. The van der Waals surface area contributed by atoms with Crippen molar-refractivity contribution in [2.75, 3.05) is 31.1 Å². The van der Waals surface area contributed by atoms with Gasteiger partial charge in [0, 0.05) is 19.6 Å². The van der Waals surface area contributed by atoms with Gasteiger partial charge in [0.15, 0.2) is 4.34 Å². The minimum atomic E-state index is 0.0407. The zero-order valence-electron chi connectivity index (χ0n) is 14.1. The average Bonchev–Trinajstić information content (AvgIpc) is 3.05. The average molecular weight is 378 g/mol. The van der Waals surface area contributed by atoms with Crippen LogP contribution in [0.25, 0.3) is 0 Å². The van der Waals surface area contributed by atoms with E-state index in [0.29, 0.717) is 16.8 Å². The molecule has 1 aromatic heterocycles. The second-order valence-corrected chi connectivity index (χ2v) is 8.46. The largest absolute Gasteiger partial charge is 0.374 e. The topological polar surface area (TPSA) is 84.1 Å². The van der Waals surface area contributed by atoms with Gasteiger partial charge in [0.05, 0.1) is 5.75 Å². The Bertz CT molecular complexity index is 679. The predicted octanol–water partition coefficient (Wildman–Crippen LogP) is 2.24. The van der Waals surface area contributed by atoms with Crippen molar-refractivity contribution in [3.63, 3.8) is 0 Å². The molecule has 3 N–H and O–H groups in total. The number of nitrogens with zero attached hydrogens (tertiary/aromatic N) is 3. The third-order valence-corrected chi connectivity index (χ3v) is 6.07. The van der Waals surface area contributed by atoms with Crippen molar-refractivity contribution in [3.05, 3.63) is 35.9 Å². The standard InChI is InChI=1S/C17H23N5OS2/c18-16-20-21-17(25-16)24-12-15(23)19-9-14-7-4-8-22(11-14)10-13-5-2-1-3-6-13/h1-3,5-6,14H,4,7-12H2,(H2,18,20)(H,19,23)/t14-/m0/s1. The molecule has 25 heavy (non-hydrogen) atoms. The summed E-state index contributed by atoms with van der Waals surface area (Å²) in [6.07, 6.45) is 2.36. The van der Waals surface area contributed by atoms with Crippen LogP contribution in [0.3, 0.4) is 0 Å². The summed E-state index contributed by atoms with van der Waals surface area (Å²) in [4.78, 5) is 14.5. The van der Waals surface area contributed by atoms with Crippen LogP contribution in [0.2, 0.25) is 0 Å². The summed E-state index contributed by atoms with van der Waals surface area (Å²) in [7, 11) is 0. The fourth-order valence-corrected chi connectivity index (χ4v) is 4.48. The lowest BCUT2D eigenvalue weighted by atomic mass is 9.97. The first-order chi connectivity index (χ1) is 12.2. The predicted molar refractivity (Wildman–Crippen MR) is 102 cm³/mol. The van der Waals surface area contributed by atoms with E-state index in [-0.39, 0.29) is 5.91 Å². The van der Waals surface area contributed by atoms with Crippen LogP contribution in [0.5, 0.6) is 0 Å². The minimum absolute atomic E-state index is 0.0407. The molecule has 1 saturated heterocycles. The van der Waals surface area contributed by atoms with Crippen molar-refractivity contribution in [2.45, 2.75) is 23.7 Å². The highest BCUT2D eigenvalue weighted by atomic mass is 32.2.